The van der Waals surface area contributed by atoms with E-state index in [1.165, 1.54) is 0 Å². The van der Waals surface area contributed by atoms with Crippen LogP contribution in [0.3, 0.4) is 0 Å². The van der Waals surface area contributed by atoms with Gasteiger partial charge in [-0.25, -0.2) is 0 Å². The van der Waals surface area contributed by atoms with Crippen molar-refractivity contribution in [3.05, 3.63) is 12.2 Å². The molecule has 3 saturated heterocycles. The normalized spacial score (nSPS) is 41.7. The van der Waals surface area contributed by atoms with E-state index < -0.39 is 0 Å². The van der Waals surface area contributed by atoms with E-state index in [9.17, 15) is 9.59 Å². The Morgan fingerprint density at radius 2 is 2.22 bits per heavy atom. The molecule has 0 aromatic heterocycles. The number of hydrogen-bond donors (Lipinski definition) is 0. The molecule has 0 amide bonds. The van der Waals surface area contributed by atoms with E-state index >= 15 is 0 Å². The van der Waals surface area contributed by atoms with E-state index in [1.54, 1.807) is 14.0 Å². The van der Waals surface area contributed by atoms with Gasteiger partial charge < -0.3 is 9.47 Å². The molecule has 0 aliphatic carbocycles. The maximum atomic E-state index is 13.1. The van der Waals surface area contributed by atoms with E-state index in [0.29, 0.717) is 6.61 Å². The Hall–Kier alpha value is -1.20. The molecule has 4 bridgehead atoms. The first-order chi connectivity index (χ1) is 11.1. The van der Waals surface area contributed by atoms with Gasteiger partial charge in [0.15, 0.2) is 0 Å². The molecule has 5 nitrogen and oxygen atoms in total. The van der Waals surface area contributed by atoms with Crippen molar-refractivity contribution in [1.29, 1.82) is 0 Å². The number of ether oxygens (including phenoxy) is 2. The SMILES string of the molecule is CC/C=C/C12C(OC)CC3C(CC(=O)OCC)C(=O)C1CCN32. The first kappa shape index (κ1) is 16.7. The molecule has 5 heteroatoms. The lowest BCUT2D eigenvalue weighted by molar-refractivity contribution is -0.150. The molecule has 3 aliphatic rings. The minimum absolute atomic E-state index is 0.0268. The van der Waals surface area contributed by atoms with E-state index in [-0.39, 0.29) is 47.7 Å². The maximum absolute atomic E-state index is 13.1. The van der Waals surface area contributed by atoms with Crippen LogP contribution in [-0.4, -0.2) is 54.6 Å². The number of rotatable bonds is 6. The lowest BCUT2D eigenvalue weighted by Gasteiger charge is -2.45. The van der Waals surface area contributed by atoms with Crippen molar-refractivity contribution in [2.24, 2.45) is 11.8 Å². The largest absolute Gasteiger partial charge is 0.466 e. The van der Waals surface area contributed by atoms with Crippen molar-refractivity contribution in [3.8, 4) is 0 Å². The third-order valence-corrected chi connectivity index (χ3v) is 5.86. The van der Waals surface area contributed by atoms with Gasteiger partial charge in [-0.15, -0.1) is 0 Å². The predicted molar refractivity (Wildman–Crippen MR) is 85.9 cm³/mol. The van der Waals surface area contributed by atoms with Crippen LogP contribution in [0.5, 0.6) is 0 Å². The van der Waals surface area contributed by atoms with Crippen LogP contribution in [0.25, 0.3) is 0 Å². The smallest absolute Gasteiger partial charge is 0.306 e. The van der Waals surface area contributed by atoms with E-state index in [4.69, 9.17) is 9.47 Å². The molecule has 0 saturated carbocycles. The minimum Gasteiger partial charge on any atom is -0.466 e. The summed E-state index contributed by atoms with van der Waals surface area (Å²) in [4.78, 5) is 27.5. The molecule has 0 radical (unpaired) electrons. The average molecular weight is 321 g/mol. The van der Waals surface area contributed by atoms with Gasteiger partial charge in [-0.1, -0.05) is 19.1 Å². The summed E-state index contributed by atoms with van der Waals surface area (Å²) in [6.07, 6.45) is 7.21. The van der Waals surface area contributed by atoms with Crippen molar-refractivity contribution in [2.45, 2.75) is 57.2 Å². The van der Waals surface area contributed by atoms with Gasteiger partial charge in [0.05, 0.1) is 24.7 Å². The maximum Gasteiger partial charge on any atom is 0.306 e. The van der Waals surface area contributed by atoms with Gasteiger partial charge in [0.25, 0.3) is 0 Å². The summed E-state index contributed by atoms with van der Waals surface area (Å²) in [5.74, 6) is -0.334. The molecule has 3 fully saturated rings. The molecule has 23 heavy (non-hydrogen) atoms. The zero-order chi connectivity index (χ0) is 16.6. The topological polar surface area (TPSA) is 55.8 Å². The summed E-state index contributed by atoms with van der Waals surface area (Å²) in [5.41, 5.74) is -0.294. The molecular formula is C18H27NO4. The lowest BCUT2D eigenvalue weighted by Crippen LogP contribution is -2.59. The van der Waals surface area contributed by atoms with Crippen LogP contribution in [0.15, 0.2) is 12.2 Å². The summed E-state index contributed by atoms with van der Waals surface area (Å²) in [6, 6.07) is 0.0945. The molecule has 3 rings (SSSR count). The molecule has 0 N–H and O–H groups in total. The highest BCUT2D eigenvalue weighted by Crippen LogP contribution is 2.55. The Kier molecular flexibility index (Phi) is 4.61. The van der Waals surface area contributed by atoms with Crippen LogP contribution in [0.2, 0.25) is 0 Å². The highest BCUT2D eigenvalue weighted by Gasteiger charge is 2.68. The van der Waals surface area contributed by atoms with Crippen LogP contribution in [0.4, 0.5) is 0 Å². The third-order valence-electron chi connectivity index (χ3n) is 5.86. The van der Waals surface area contributed by atoms with Gasteiger partial charge >= 0.3 is 5.97 Å². The van der Waals surface area contributed by atoms with Crippen molar-refractivity contribution in [3.63, 3.8) is 0 Å². The highest BCUT2D eigenvalue weighted by molar-refractivity contribution is 5.91. The van der Waals surface area contributed by atoms with E-state index in [2.05, 4.69) is 24.0 Å². The second-order valence-electron chi connectivity index (χ2n) is 6.78. The number of ketones is 1. The highest BCUT2D eigenvalue weighted by atomic mass is 16.5. The number of allylic oxidation sites excluding steroid dienone is 1. The number of hydrogen-bond acceptors (Lipinski definition) is 5. The number of piperidine rings is 1. The molecule has 6 atom stereocenters. The van der Waals surface area contributed by atoms with Gasteiger partial charge in [-0.2, -0.15) is 0 Å². The van der Waals surface area contributed by atoms with Crippen LogP contribution in [0.1, 0.15) is 39.5 Å². The van der Waals surface area contributed by atoms with E-state index in [0.717, 1.165) is 25.8 Å². The van der Waals surface area contributed by atoms with Gasteiger partial charge in [-0.05, 0) is 26.2 Å². The number of carbonyl (C=O) groups excluding carboxylic acids is 2. The summed E-state index contributed by atoms with van der Waals surface area (Å²) in [6.45, 7) is 5.17. The van der Waals surface area contributed by atoms with Gasteiger partial charge in [0, 0.05) is 31.5 Å². The number of carbonyl (C=O) groups is 2. The standard InChI is InChI=1S/C18H27NO4/c1-4-6-8-18-13-7-9-19(18)14(11-15(18)22-3)12(17(13)21)10-16(20)23-5-2/h6,8,12-15H,4-5,7,9-11H2,1-3H3/b8-6+. The summed E-state index contributed by atoms with van der Waals surface area (Å²) < 4.78 is 10.9. The predicted octanol–water partition coefficient (Wildman–Crippen LogP) is 1.95. The summed E-state index contributed by atoms with van der Waals surface area (Å²) in [7, 11) is 1.73. The van der Waals surface area contributed by atoms with Crippen molar-refractivity contribution >= 4 is 11.8 Å². The molecule has 6 unspecified atom stereocenters. The molecule has 0 aromatic rings. The molecular weight excluding hydrogens is 294 g/mol. The second-order valence-corrected chi connectivity index (χ2v) is 6.78. The molecule has 3 aliphatic heterocycles. The van der Waals surface area contributed by atoms with Crippen LogP contribution in [-0.2, 0) is 19.1 Å². The fraction of sp³-hybridized carbons (Fsp3) is 0.778. The zero-order valence-corrected chi connectivity index (χ0v) is 14.3. The lowest BCUT2D eigenvalue weighted by atomic mass is 9.73. The monoisotopic (exact) mass is 321 g/mol. The number of methoxy groups -OCH3 is 1. The third kappa shape index (κ3) is 2.36. The van der Waals surface area contributed by atoms with Crippen LogP contribution < -0.4 is 0 Å². The zero-order valence-electron chi connectivity index (χ0n) is 14.3. The van der Waals surface area contributed by atoms with Gasteiger partial charge in [0.2, 0.25) is 0 Å². The fourth-order valence-corrected chi connectivity index (χ4v) is 5.04. The van der Waals surface area contributed by atoms with Gasteiger partial charge in [0.1, 0.15) is 5.78 Å². The number of esters is 1. The number of Topliss-reactive ketones (excluding diaryl/α,β-unsaturated/α-hetero) is 1. The fourth-order valence-electron chi connectivity index (χ4n) is 5.04. The Morgan fingerprint density at radius 1 is 1.43 bits per heavy atom. The van der Waals surface area contributed by atoms with Crippen molar-refractivity contribution in [1.82, 2.24) is 4.90 Å². The van der Waals surface area contributed by atoms with Crippen LogP contribution in [0, 0.1) is 11.8 Å². The second kappa shape index (κ2) is 6.36. The number of nitrogens with zero attached hydrogens (tertiary/aromatic N) is 1. The van der Waals surface area contributed by atoms with Gasteiger partial charge in [-0.3, -0.25) is 14.5 Å². The first-order valence-electron chi connectivity index (χ1n) is 8.76. The van der Waals surface area contributed by atoms with Crippen molar-refractivity contribution < 1.29 is 19.1 Å². The molecule has 128 valence electrons. The average Bonchev–Trinajstić information content (AvgIpc) is 2.98. The Balaban J connectivity index is 1.92. The Labute approximate surface area is 138 Å². The summed E-state index contributed by atoms with van der Waals surface area (Å²) in [5, 5.41) is 0. The van der Waals surface area contributed by atoms with Crippen molar-refractivity contribution in [2.75, 3.05) is 20.3 Å². The minimum atomic E-state index is -0.294. The Morgan fingerprint density at radius 3 is 2.87 bits per heavy atom. The first-order valence-corrected chi connectivity index (χ1v) is 8.76. The van der Waals surface area contributed by atoms with Crippen LogP contribution >= 0.6 is 0 Å². The van der Waals surface area contributed by atoms with E-state index in [1.807, 2.05) is 0 Å². The molecule has 0 aromatic carbocycles. The Bertz CT molecular complexity index is 517. The molecule has 3 heterocycles. The summed E-state index contributed by atoms with van der Waals surface area (Å²) >= 11 is 0. The molecule has 0 spiro atoms. The quantitative estimate of drug-likeness (QED) is 0.553.